The molecule has 132 valence electrons. The van der Waals surface area contributed by atoms with Gasteiger partial charge in [0.2, 0.25) is 0 Å². The van der Waals surface area contributed by atoms with E-state index < -0.39 is 11.0 Å². The molecule has 0 unspecified atom stereocenters. The fourth-order valence-electron chi connectivity index (χ4n) is 2.53. The van der Waals surface area contributed by atoms with Crippen molar-refractivity contribution in [2.45, 2.75) is 25.9 Å². The first-order valence-corrected chi connectivity index (χ1v) is 7.95. The van der Waals surface area contributed by atoms with Gasteiger partial charge in [0, 0.05) is 5.56 Å². The molecule has 25 heavy (non-hydrogen) atoms. The van der Waals surface area contributed by atoms with Crippen molar-refractivity contribution in [3.8, 4) is 5.75 Å². The first-order valence-electron chi connectivity index (χ1n) is 7.95. The summed E-state index contributed by atoms with van der Waals surface area (Å²) in [5.74, 6) is 0.0676. The maximum absolute atomic E-state index is 12.4. The normalized spacial score (nSPS) is 12.9. The number of nitrogens with two attached hydrogens (primary N) is 1. The Morgan fingerprint density at radius 3 is 2.48 bits per heavy atom. The zero-order valence-electron chi connectivity index (χ0n) is 14.4. The number of carbonyl (C=O) groups excluding carboxylic acids is 1. The van der Waals surface area contributed by atoms with Crippen LogP contribution in [0.25, 0.3) is 0 Å². The van der Waals surface area contributed by atoms with Crippen molar-refractivity contribution in [1.29, 1.82) is 0 Å². The van der Waals surface area contributed by atoms with Crippen molar-refractivity contribution >= 4 is 17.3 Å². The third-order valence-corrected chi connectivity index (χ3v) is 3.98. The first-order chi connectivity index (χ1) is 11.9. The summed E-state index contributed by atoms with van der Waals surface area (Å²) in [6.45, 7) is 3.78. The highest BCUT2D eigenvalue weighted by Gasteiger charge is 2.23. The molecule has 0 heterocycles. The summed E-state index contributed by atoms with van der Waals surface area (Å²) in [5.41, 5.74) is 1.07. The molecule has 0 bridgehead atoms. The van der Waals surface area contributed by atoms with Crippen LogP contribution in [-0.2, 0) is 4.79 Å². The molecule has 0 fully saturated rings. The summed E-state index contributed by atoms with van der Waals surface area (Å²) in [5, 5.41) is 15.7. The molecule has 2 aromatic carbocycles. The number of ether oxygens (including phenoxy) is 1. The van der Waals surface area contributed by atoms with Gasteiger partial charge in [0.15, 0.2) is 6.04 Å². The molecule has 0 aliphatic rings. The van der Waals surface area contributed by atoms with E-state index in [-0.39, 0.29) is 23.3 Å². The molecule has 0 aliphatic heterocycles. The predicted octanol–water partition coefficient (Wildman–Crippen LogP) is 2.25. The van der Waals surface area contributed by atoms with Gasteiger partial charge in [-0.15, -0.1) is 0 Å². The average Bonchev–Trinajstić information content (AvgIpc) is 2.62. The van der Waals surface area contributed by atoms with Gasteiger partial charge in [-0.2, -0.15) is 0 Å². The number of anilines is 1. The molecule has 0 aromatic heterocycles. The standard InChI is InChI=1S/C18H21N3O4/c1-12(14-7-5-4-6-8-14)19-13(2)18(22)20-16-10-9-15(25-3)11-17(16)21(23)24/h4-13,19H,1-3H3,(H,20,22)/p+1/t12-,13-/m0/s1. The number of nitrogens with one attached hydrogen (secondary N) is 1. The second-order valence-electron chi connectivity index (χ2n) is 5.81. The van der Waals surface area contributed by atoms with E-state index in [0.29, 0.717) is 5.75 Å². The maximum atomic E-state index is 12.4. The van der Waals surface area contributed by atoms with Crippen LogP contribution >= 0.6 is 0 Å². The Labute approximate surface area is 146 Å². The van der Waals surface area contributed by atoms with E-state index in [1.54, 1.807) is 13.0 Å². The number of hydrogen-bond acceptors (Lipinski definition) is 4. The Morgan fingerprint density at radius 1 is 1.20 bits per heavy atom. The lowest BCUT2D eigenvalue weighted by atomic mass is 10.1. The summed E-state index contributed by atoms with van der Waals surface area (Å²) < 4.78 is 4.99. The van der Waals surface area contributed by atoms with Gasteiger partial charge in [0.05, 0.1) is 18.1 Å². The largest absolute Gasteiger partial charge is 0.496 e. The van der Waals surface area contributed by atoms with Crippen LogP contribution in [0.15, 0.2) is 48.5 Å². The minimum absolute atomic E-state index is 0.0906. The topological polar surface area (TPSA) is 98.1 Å². The number of quaternary nitrogens is 1. The summed E-state index contributed by atoms with van der Waals surface area (Å²) in [6.07, 6.45) is 0. The number of hydrogen-bond donors (Lipinski definition) is 2. The molecule has 2 atom stereocenters. The molecule has 1 amide bonds. The minimum Gasteiger partial charge on any atom is -0.496 e. The van der Waals surface area contributed by atoms with Crippen LogP contribution in [0.5, 0.6) is 5.75 Å². The van der Waals surface area contributed by atoms with Gasteiger partial charge in [0.1, 0.15) is 17.5 Å². The predicted molar refractivity (Wildman–Crippen MR) is 94.5 cm³/mol. The number of carbonyl (C=O) groups is 1. The second kappa shape index (κ2) is 8.25. The number of rotatable bonds is 7. The van der Waals surface area contributed by atoms with Crippen molar-refractivity contribution < 1.29 is 19.8 Å². The van der Waals surface area contributed by atoms with Crippen LogP contribution in [0.2, 0.25) is 0 Å². The molecule has 7 heteroatoms. The molecule has 0 spiro atoms. The molecular formula is C18H22N3O4+. The molecule has 0 saturated heterocycles. The fourth-order valence-corrected chi connectivity index (χ4v) is 2.53. The molecular weight excluding hydrogens is 322 g/mol. The summed E-state index contributed by atoms with van der Waals surface area (Å²) in [7, 11) is 1.43. The number of amides is 1. The van der Waals surface area contributed by atoms with Crippen molar-refractivity contribution in [3.63, 3.8) is 0 Å². The highest BCUT2D eigenvalue weighted by atomic mass is 16.6. The second-order valence-corrected chi connectivity index (χ2v) is 5.81. The molecule has 3 N–H and O–H groups in total. The quantitative estimate of drug-likeness (QED) is 0.594. The smallest absolute Gasteiger partial charge is 0.296 e. The van der Waals surface area contributed by atoms with Gasteiger partial charge >= 0.3 is 0 Å². The lowest BCUT2D eigenvalue weighted by Crippen LogP contribution is -2.91. The summed E-state index contributed by atoms with van der Waals surface area (Å²) >= 11 is 0. The van der Waals surface area contributed by atoms with Crippen molar-refractivity contribution in [1.82, 2.24) is 0 Å². The van der Waals surface area contributed by atoms with Gasteiger partial charge in [-0.3, -0.25) is 14.9 Å². The number of benzene rings is 2. The maximum Gasteiger partial charge on any atom is 0.296 e. The van der Waals surface area contributed by atoms with Crippen molar-refractivity contribution in [2.24, 2.45) is 0 Å². The van der Waals surface area contributed by atoms with Crippen LogP contribution in [-0.4, -0.2) is 24.0 Å². The van der Waals surface area contributed by atoms with Crippen molar-refractivity contribution in [3.05, 3.63) is 64.2 Å². The molecule has 0 radical (unpaired) electrons. The minimum atomic E-state index is -0.543. The molecule has 2 rings (SSSR count). The Hall–Kier alpha value is -2.93. The monoisotopic (exact) mass is 344 g/mol. The van der Waals surface area contributed by atoms with E-state index >= 15 is 0 Å². The van der Waals surface area contributed by atoms with Crippen LogP contribution in [0, 0.1) is 10.1 Å². The zero-order valence-corrected chi connectivity index (χ0v) is 14.4. The highest BCUT2D eigenvalue weighted by Crippen LogP contribution is 2.28. The van der Waals surface area contributed by atoms with Crippen LogP contribution < -0.4 is 15.4 Å². The summed E-state index contributed by atoms with van der Waals surface area (Å²) in [4.78, 5) is 23.1. The Morgan fingerprint density at radius 2 is 1.88 bits per heavy atom. The molecule has 0 aliphatic carbocycles. The Kier molecular flexibility index (Phi) is 6.08. The van der Waals surface area contributed by atoms with Crippen molar-refractivity contribution in [2.75, 3.05) is 12.4 Å². The van der Waals surface area contributed by atoms with Crippen LogP contribution in [0.1, 0.15) is 25.5 Å². The number of nitrogens with zero attached hydrogens (tertiary/aromatic N) is 1. The average molecular weight is 344 g/mol. The third kappa shape index (κ3) is 4.77. The van der Waals surface area contributed by atoms with Gasteiger partial charge in [-0.25, -0.2) is 0 Å². The first kappa shape index (κ1) is 18.4. The Bertz CT molecular complexity index is 749. The van der Waals surface area contributed by atoms with Gasteiger partial charge < -0.3 is 15.4 Å². The lowest BCUT2D eigenvalue weighted by molar-refractivity contribution is -0.709. The van der Waals surface area contributed by atoms with Gasteiger partial charge in [-0.1, -0.05) is 30.3 Å². The SMILES string of the molecule is COc1ccc(NC(=O)[C@H](C)[NH2+][C@@H](C)c2ccccc2)c([N+](=O)[O-])c1. The van der Waals surface area contributed by atoms with E-state index in [0.717, 1.165) is 5.56 Å². The fraction of sp³-hybridized carbons (Fsp3) is 0.278. The third-order valence-electron chi connectivity index (χ3n) is 3.98. The van der Waals surface area contributed by atoms with E-state index in [1.807, 2.05) is 42.6 Å². The number of methoxy groups -OCH3 is 1. The van der Waals surface area contributed by atoms with E-state index in [1.165, 1.54) is 19.2 Å². The van der Waals surface area contributed by atoms with Crippen LogP contribution in [0.4, 0.5) is 11.4 Å². The zero-order chi connectivity index (χ0) is 18.4. The summed E-state index contributed by atoms with van der Waals surface area (Å²) in [6, 6.07) is 13.9. The number of nitro benzene ring substituents is 1. The highest BCUT2D eigenvalue weighted by molar-refractivity contribution is 5.95. The van der Waals surface area contributed by atoms with E-state index in [4.69, 9.17) is 4.74 Å². The van der Waals surface area contributed by atoms with Gasteiger partial charge in [-0.05, 0) is 26.0 Å². The molecule has 0 saturated carbocycles. The Balaban J connectivity index is 2.07. The van der Waals surface area contributed by atoms with E-state index in [2.05, 4.69) is 5.32 Å². The lowest BCUT2D eigenvalue weighted by Gasteiger charge is -2.17. The number of nitro groups is 1. The molecule has 2 aromatic rings. The van der Waals surface area contributed by atoms with Gasteiger partial charge in [0.25, 0.3) is 11.6 Å². The molecule has 7 nitrogen and oxygen atoms in total. The van der Waals surface area contributed by atoms with Crippen LogP contribution in [0.3, 0.4) is 0 Å². The van der Waals surface area contributed by atoms with E-state index in [9.17, 15) is 14.9 Å².